The van der Waals surface area contributed by atoms with Gasteiger partial charge < -0.3 is 5.73 Å². The zero-order chi connectivity index (χ0) is 8.84. The highest BCUT2D eigenvalue weighted by molar-refractivity contribution is 5.91. The fourth-order valence-electron chi connectivity index (χ4n) is 1.82. The first-order valence-corrected chi connectivity index (χ1v) is 4.59. The zero-order valence-corrected chi connectivity index (χ0v) is 7.25. The van der Waals surface area contributed by atoms with Gasteiger partial charge in [0.2, 0.25) is 0 Å². The van der Waals surface area contributed by atoms with E-state index < -0.39 is 0 Å². The summed E-state index contributed by atoms with van der Waals surface area (Å²) in [6.45, 7) is 0. The van der Waals surface area contributed by atoms with Crippen LogP contribution in [0.5, 0.6) is 0 Å². The van der Waals surface area contributed by atoms with Crippen molar-refractivity contribution in [3.63, 3.8) is 0 Å². The van der Waals surface area contributed by atoms with Gasteiger partial charge in [-0.15, -0.1) is 0 Å². The normalized spacial score (nSPS) is 16.6. The number of nitrogens with two attached hydrogens (primary N) is 1. The smallest absolute Gasteiger partial charge is 0.153 e. The predicted octanol–water partition coefficient (Wildman–Crippen LogP) is 2.02. The third-order valence-corrected chi connectivity index (χ3v) is 2.68. The van der Waals surface area contributed by atoms with Gasteiger partial charge in [0.25, 0.3) is 0 Å². The Hall–Kier alpha value is -1.51. The number of rotatable bonds is 1. The quantitative estimate of drug-likeness (QED) is 0.693. The molecule has 0 spiro atoms. The summed E-state index contributed by atoms with van der Waals surface area (Å²) in [5.41, 5.74) is 8.23. The zero-order valence-electron chi connectivity index (χ0n) is 7.25. The van der Waals surface area contributed by atoms with E-state index in [2.05, 4.69) is 22.3 Å². The van der Waals surface area contributed by atoms with Gasteiger partial charge in [-0.05, 0) is 30.4 Å². The van der Waals surface area contributed by atoms with Crippen molar-refractivity contribution in [2.24, 2.45) is 0 Å². The van der Waals surface area contributed by atoms with Crippen molar-refractivity contribution in [1.82, 2.24) is 10.2 Å². The van der Waals surface area contributed by atoms with E-state index in [4.69, 9.17) is 5.73 Å². The van der Waals surface area contributed by atoms with Gasteiger partial charge in [-0.2, -0.15) is 5.10 Å². The van der Waals surface area contributed by atoms with Gasteiger partial charge in [0.1, 0.15) is 0 Å². The molecule has 1 aromatic heterocycles. The Labute approximate surface area is 75.9 Å². The molecule has 0 bridgehead atoms. The SMILES string of the molecule is Nc1n[nH]c2c(C3CC3)cccc12. The number of nitrogen functional groups attached to an aromatic ring is 1. The summed E-state index contributed by atoms with van der Waals surface area (Å²) in [7, 11) is 0. The van der Waals surface area contributed by atoms with Gasteiger partial charge in [-0.1, -0.05) is 12.1 Å². The largest absolute Gasteiger partial charge is 0.382 e. The van der Waals surface area contributed by atoms with Crippen molar-refractivity contribution in [3.05, 3.63) is 23.8 Å². The summed E-state index contributed by atoms with van der Waals surface area (Å²) in [5.74, 6) is 1.35. The van der Waals surface area contributed by atoms with Crippen LogP contribution in [0.2, 0.25) is 0 Å². The highest BCUT2D eigenvalue weighted by Crippen LogP contribution is 2.42. The Morgan fingerprint density at radius 3 is 3.00 bits per heavy atom. The molecule has 1 aliphatic carbocycles. The third-order valence-electron chi connectivity index (χ3n) is 2.68. The molecule has 1 aliphatic rings. The summed E-state index contributed by atoms with van der Waals surface area (Å²) < 4.78 is 0. The van der Waals surface area contributed by atoms with Crippen molar-refractivity contribution < 1.29 is 0 Å². The number of fused-ring (bicyclic) bond motifs is 1. The van der Waals surface area contributed by atoms with Crippen LogP contribution in [0.15, 0.2) is 18.2 Å². The molecule has 1 fully saturated rings. The lowest BCUT2D eigenvalue weighted by Crippen LogP contribution is -1.84. The monoisotopic (exact) mass is 173 g/mol. The number of hydrogen-bond donors (Lipinski definition) is 2. The second-order valence-electron chi connectivity index (χ2n) is 3.65. The number of benzene rings is 1. The summed E-state index contributed by atoms with van der Waals surface area (Å²) in [4.78, 5) is 0. The minimum atomic E-state index is 0.609. The van der Waals surface area contributed by atoms with E-state index in [0.717, 1.165) is 16.8 Å². The highest BCUT2D eigenvalue weighted by atomic mass is 15.2. The maximum Gasteiger partial charge on any atom is 0.153 e. The fraction of sp³-hybridized carbons (Fsp3) is 0.300. The fourth-order valence-corrected chi connectivity index (χ4v) is 1.82. The van der Waals surface area contributed by atoms with Crippen molar-refractivity contribution >= 4 is 16.7 Å². The third kappa shape index (κ3) is 0.932. The molecule has 0 amide bonds. The molecule has 3 nitrogen and oxygen atoms in total. The number of anilines is 1. The van der Waals surface area contributed by atoms with E-state index in [0.29, 0.717) is 5.82 Å². The molecule has 3 rings (SSSR count). The van der Waals surface area contributed by atoms with E-state index in [1.807, 2.05) is 6.07 Å². The molecule has 1 aromatic carbocycles. The second kappa shape index (κ2) is 2.25. The van der Waals surface area contributed by atoms with Gasteiger partial charge in [0.15, 0.2) is 5.82 Å². The van der Waals surface area contributed by atoms with Gasteiger partial charge in [-0.25, -0.2) is 0 Å². The molecule has 3 N–H and O–H groups in total. The Balaban J connectivity index is 2.33. The second-order valence-corrected chi connectivity index (χ2v) is 3.65. The topological polar surface area (TPSA) is 54.7 Å². The predicted molar refractivity (Wildman–Crippen MR) is 52.5 cm³/mol. The lowest BCUT2D eigenvalue weighted by Gasteiger charge is -1.98. The number of para-hydroxylation sites is 1. The van der Waals surface area contributed by atoms with Crippen LogP contribution in [-0.2, 0) is 0 Å². The van der Waals surface area contributed by atoms with Crippen molar-refractivity contribution in [2.45, 2.75) is 18.8 Å². The van der Waals surface area contributed by atoms with E-state index in [-0.39, 0.29) is 0 Å². The first-order valence-electron chi connectivity index (χ1n) is 4.59. The summed E-state index contributed by atoms with van der Waals surface area (Å²) in [6, 6.07) is 6.24. The molecule has 66 valence electrons. The molecule has 13 heavy (non-hydrogen) atoms. The molecule has 3 heteroatoms. The molecular weight excluding hydrogens is 162 g/mol. The maximum atomic E-state index is 5.72. The number of nitrogens with zero attached hydrogens (tertiary/aromatic N) is 1. The Kier molecular flexibility index (Phi) is 1.20. The van der Waals surface area contributed by atoms with Crippen LogP contribution in [0.1, 0.15) is 24.3 Å². The van der Waals surface area contributed by atoms with Crippen molar-refractivity contribution in [3.8, 4) is 0 Å². The minimum Gasteiger partial charge on any atom is -0.382 e. The van der Waals surface area contributed by atoms with E-state index in [1.165, 1.54) is 18.4 Å². The Bertz CT molecular complexity index is 454. The molecule has 0 radical (unpaired) electrons. The Morgan fingerprint density at radius 1 is 1.38 bits per heavy atom. The van der Waals surface area contributed by atoms with E-state index in [1.54, 1.807) is 0 Å². The molecule has 0 saturated heterocycles. The average molecular weight is 173 g/mol. The van der Waals surface area contributed by atoms with Crippen LogP contribution in [0.4, 0.5) is 5.82 Å². The van der Waals surface area contributed by atoms with Crippen LogP contribution >= 0.6 is 0 Å². The number of hydrogen-bond acceptors (Lipinski definition) is 2. The summed E-state index contributed by atoms with van der Waals surface area (Å²) >= 11 is 0. The van der Waals surface area contributed by atoms with Crippen LogP contribution in [0.25, 0.3) is 10.9 Å². The number of H-pyrrole nitrogens is 1. The molecule has 0 atom stereocenters. The Morgan fingerprint density at radius 2 is 2.23 bits per heavy atom. The van der Waals surface area contributed by atoms with Crippen LogP contribution in [0.3, 0.4) is 0 Å². The summed E-state index contributed by atoms with van der Waals surface area (Å²) in [6.07, 6.45) is 2.61. The van der Waals surface area contributed by atoms with E-state index in [9.17, 15) is 0 Å². The van der Waals surface area contributed by atoms with Crippen LogP contribution in [-0.4, -0.2) is 10.2 Å². The van der Waals surface area contributed by atoms with Gasteiger partial charge in [-0.3, -0.25) is 5.10 Å². The lowest BCUT2D eigenvalue weighted by molar-refractivity contribution is 1.09. The highest BCUT2D eigenvalue weighted by Gasteiger charge is 2.26. The molecule has 1 saturated carbocycles. The van der Waals surface area contributed by atoms with Crippen LogP contribution in [0, 0.1) is 0 Å². The standard InChI is InChI=1S/C10H11N3/c11-10-8-3-1-2-7(6-4-5-6)9(8)12-13-10/h1-3,6H,4-5H2,(H3,11,12,13). The molecule has 2 aromatic rings. The van der Waals surface area contributed by atoms with E-state index >= 15 is 0 Å². The van der Waals surface area contributed by atoms with Crippen molar-refractivity contribution in [2.75, 3.05) is 5.73 Å². The van der Waals surface area contributed by atoms with Gasteiger partial charge in [0.05, 0.1) is 5.52 Å². The molecule has 0 aliphatic heterocycles. The first kappa shape index (κ1) is 6.95. The number of aromatic nitrogens is 2. The summed E-state index contributed by atoms with van der Waals surface area (Å²) in [5, 5.41) is 8.08. The molecule has 1 heterocycles. The average Bonchev–Trinajstić information content (AvgIpc) is 2.92. The lowest BCUT2D eigenvalue weighted by atomic mass is 10.1. The van der Waals surface area contributed by atoms with Gasteiger partial charge in [0, 0.05) is 5.39 Å². The number of aromatic amines is 1. The minimum absolute atomic E-state index is 0.609. The van der Waals surface area contributed by atoms with Crippen LogP contribution < -0.4 is 5.73 Å². The maximum absolute atomic E-state index is 5.72. The van der Waals surface area contributed by atoms with Gasteiger partial charge >= 0.3 is 0 Å². The van der Waals surface area contributed by atoms with Crippen molar-refractivity contribution in [1.29, 1.82) is 0 Å². The molecule has 0 unspecified atom stereocenters. The first-order chi connectivity index (χ1) is 6.36. The molecular formula is C10H11N3. The number of nitrogens with one attached hydrogen (secondary N) is 1.